The summed E-state index contributed by atoms with van der Waals surface area (Å²) < 4.78 is 45.6. The fourth-order valence-electron chi connectivity index (χ4n) is 3.81. The van der Waals surface area contributed by atoms with Gasteiger partial charge in [0.15, 0.2) is 0 Å². The smallest absolute Gasteiger partial charge is 0.406 e. The Morgan fingerprint density at radius 3 is 2.00 bits per heavy atom. The molecule has 1 aromatic heterocycles. The van der Waals surface area contributed by atoms with Crippen LogP contribution < -0.4 is 10.4 Å². The maximum absolute atomic E-state index is 12.5. The van der Waals surface area contributed by atoms with Crippen LogP contribution in [0.2, 0.25) is 10.0 Å². The van der Waals surface area contributed by atoms with Gasteiger partial charge in [0.2, 0.25) is 5.62 Å². The van der Waals surface area contributed by atoms with Gasteiger partial charge in [0, 0.05) is 6.54 Å². The summed E-state index contributed by atoms with van der Waals surface area (Å²) in [7, 11) is 0. The molecule has 4 aromatic rings. The number of hydrogen-bond donors (Lipinski definition) is 1. The van der Waals surface area contributed by atoms with E-state index in [9.17, 15) is 18.3 Å². The fraction of sp³-hybridized carbons (Fsp3) is 0.240. The number of aromatic nitrogens is 2. The van der Waals surface area contributed by atoms with Gasteiger partial charge in [-0.25, -0.2) is 4.99 Å². The van der Waals surface area contributed by atoms with Gasteiger partial charge in [-0.3, -0.25) is 0 Å². The lowest BCUT2D eigenvalue weighted by molar-refractivity contribution is -0.274. The van der Waals surface area contributed by atoms with Crippen molar-refractivity contribution in [1.29, 1.82) is 0 Å². The largest absolute Gasteiger partial charge is 0.573 e. The highest BCUT2D eigenvalue weighted by molar-refractivity contribution is 6.42. The first-order valence-electron chi connectivity index (χ1n) is 10.9. The highest BCUT2D eigenvalue weighted by Crippen LogP contribution is 2.29. The number of aliphatic hydroxyl groups is 1. The molecular formula is C25H22Cl2F3N3O2. The second-order valence-electron chi connectivity index (χ2n) is 7.92. The Kier molecular flexibility index (Phi) is 7.44. The summed E-state index contributed by atoms with van der Waals surface area (Å²) >= 11 is 12.7. The van der Waals surface area contributed by atoms with Gasteiger partial charge >= 0.3 is 6.36 Å². The molecule has 3 aromatic carbocycles. The van der Waals surface area contributed by atoms with E-state index in [4.69, 9.17) is 28.2 Å². The van der Waals surface area contributed by atoms with Gasteiger partial charge in [0.05, 0.1) is 39.9 Å². The van der Waals surface area contributed by atoms with Gasteiger partial charge in [-0.1, -0.05) is 54.4 Å². The zero-order valence-electron chi connectivity index (χ0n) is 18.7. The second-order valence-corrected chi connectivity index (χ2v) is 8.74. The van der Waals surface area contributed by atoms with E-state index >= 15 is 0 Å². The molecule has 0 atom stereocenters. The van der Waals surface area contributed by atoms with Crippen molar-refractivity contribution in [2.75, 3.05) is 0 Å². The summed E-state index contributed by atoms with van der Waals surface area (Å²) in [5.41, 5.74) is 4.48. The van der Waals surface area contributed by atoms with Crippen molar-refractivity contribution in [1.82, 2.24) is 9.13 Å². The lowest BCUT2D eigenvalue weighted by Gasteiger charge is -2.09. The van der Waals surface area contributed by atoms with E-state index in [1.54, 1.807) is 12.1 Å². The van der Waals surface area contributed by atoms with Gasteiger partial charge in [-0.2, -0.15) is 0 Å². The normalized spacial score (nSPS) is 12.5. The summed E-state index contributed by atoms with van der Waals surface area (Å²) in [6.07, 6.45) is -3.95. The van der Waals surface area contributed by atoms with Crippen LogP contribution in [0.4, 0.5) is 18.9 Å². The Bertz CT molecular complexity index is 1390. The molecule has 0 unspecified atom stereocenters. The van der Waals surface area contributed by atoms with Crippen LogP contribution in [0.3, 0.4) is 0 Å². The average molecular weight is 524 g/mol. The predicted octanol–water partition coefficient (Wildman–Crippen LogP) is 6.83. The predicted molar refractivity (Wildman–Crippen MR) is 130 cm³/mol. The molecule has 1 N–H and O–H groups in total. The first kappa shape index (κ1) is 25.2. The highest BCUT2D eigenvalue weighted by Gasteiger charge is 2.31. The lowest BCUT2D eigenvalue weighted by Crippen LogP contribution is -2.26. The summed E-state index contributed by atoms with van der Waals surface area (Å²) in [5.74, 6) is -0.319. The molecule has 0 radical (unpaired) electrons. The minimum absolute atomic E-state index is 0.0496. The van der Waals surface area contributed by atoms with Crippen LogP contribution in [0.1, 0.15) is 24.5 Å². The Balaban J connectivity index is 1.89. The zero-order valence-corrected chi connectivity index (χ0v) is 20.2. The molecule has 5 nitrogen and oxygen atoms in total. The molecule has 0 fully saturated rings. The van der Waals surface area contributed by atoms with Crippen LogP contribution in [-0.4, -0.2) is 20.6 Å². The second kappa shape index (κ2) is 10.4. The van der Waals surface area contributed by atoms with E-state index in [1.165, 1.54) is 24.3 Å². The van der Waals surface area contributed by atoms with Crippen LogP contribution in [0.15, 0.2) is 65.7 Å². The first-order chi connectivity index (χ1) is 16.7. The maximum Gasteiger partial charge on any atom is 0.573 e. The van der Waals surface area contributed by atoms with Gasteiger partial charge in [-0.15, -0.1) is 13.2 Å². The molecule has 0 saturated heterocycles. The van der Waals surface area contributed by atoms with Crippen LogP contribution in [0.5, 0.6) is 5.75 Å². The third kappa shape index (κ3) is 5.83. The van der Waals surface area contributed by atoms with Gasteiger partial charge in [0.1, 0.15) is 5.75 Å². The summed E-state index contributed by atoms with van der Waals surface area (Å²) in [5, 5.41) is 10.2. The quantitative estimate of drug-likeness (QED) is 0.288. The van der Waals surface area contributed by atoms with E-state index in [2.05, 4.69) is 4.74 Å². The van der Waals surface area contributed by atoms with Crippen LogP contribution in [0.25, 0.3) is 11.0 Å². The molecule has 0 bridgehead atoms. The Labute approximate surface area is 209 Å². The summed E-state index contributed by atoms with van der Waals surface area (Å²) in [6, 6.07) is 16.5. The number of aryl methyl sites for hydroxylation is 1. The Morgan fingerprint density at radius 2 is 1.46 bits per heavy atom. The molecule has 0 amide bonds. The highest BCUT2D eigenvalue weighted by atomic mass is 35.5. The van der Waals surface area contributed by atoms with Crippen molar-refractivity contribution in [2.24, 2.45) is 4.99 Å². The number of rotatable bonds is 7. The number of benzene rings is 3. The number of fused-ring (bicyclic) bond motifs is 1. The van der Waals surface area contributed by atoms with E-state index in [0.717, 1.165) is 28.6 Å². The van der Waals surface area contributed by atoms with E-state index in [-0.39, 0.29) is 12.4 Å². The molecule has 184 valence electrons. The number of hydrogen-bond acceptors (Lipinski definition) is 3. The van der Waals surface area contributed by atoms with Crippen molar-refractivity contribution in [3.8, 4) is 5.75 Å². The van der Waals surface area contributed by atoms with Gasteiger partial charge in [-0.05, 0) is 53.9 Å². The fourth-order valence-corrected chi connectivity index (χ4v) is 4.13. The molecule has 0 aliphatic carbocycles. The third-order valence-corrected chi connectivity index (χ3v) is 6.10. The maximum atomic E-state index is 12.5. The molecule has 35 heavy (non-hydrogen) atoms. The topological polar surface area (TPSA) is 51.7 Å². The Hall–Kier alpha value is -2.94. The number of aliphatic hydroxyl groups excluding tert-OH is 1. The average Bonchev–Trinajstić information content (AvgIpc) is 3.07. The molecular weight excluding hydrogens is 502 g/mol. The number of imidazole rings is 1. The summed E-state index contributed by atoms with van der Waals surface area (Å²) in [6.45, 7) is 3.07. The Morgan fingerprint density at radius 1 is 0.886 bits per heavy atom. The number of ether oxygens (including phenoxy) is 1. The zero-order chi connectivity index (χ0) is 25.2. The molecule has 4 rings (SSSR count). The standard InChI is InChI=1S/C25H22Cl2F3N3O2/c1-2-11-32-22-12-20(26)21(27)13-23(22)33(14-16-3-5-17(15-34)6-4-16)24(32)31-18-7-9-19(10-8-18)35-25(28,29)30/h3-10,12-13,34H,2,11,14-15H2,1H3/b31-24+. The molecule has 1 heterocycles. The molecule has 10 heteroatoms. The third-order valence-electron chi connectivity index (χ3n) is 5.37. The minimum atomic E-state index is -4.76. The SMILES string of the molecule is CCCn1/c(=N\c2ccc(OC(F)(F)F)cc2)n(Cc2ccc(CO)cc2)c2cc(Cl)c(Cl)cc21. The summed E-state index contributed by atoms with van der Waals surface area (Å²) in [4.78, 5) is 4.79. The molecule has 0 spiro atoms. The van der Waals surface area contributed by atoms with Crippen molar-refractivity contribution in [3.63, 3.8) is 0 Å². The molecule has 0 saturated carbocycles. The van der Waals surface area contributed by atoms with Crippen molar-refractivity contribution >= 4 is 39.9 Å². The van der Waals surface area contributed by atoms with Crippen molar-refractivity contribution in [3.05, 3.63) is 87.5 Å². The number of halogens is 5. The van der Waals surface area contributed by atoms with Gasteiger partial charge in [0.25, 0.3) is 0 Å². The van der Waals surface area contributed by atoms with Gasteiger partial charge < -0.3 is 19.0 Å². The van der Waals surface area contributed by atoms with Crippen molar-refractivity contribution in [2.45, 2.75) is 39.4 Å². The monoisotopic (exact) mass is 523 g/mol. The van der Waals surface area contributed by atoms with Crippen LogP contribution in [-0.2, 0) is 19.7 Å². The van der Waals surface area contributed by atoms with Crippen LogP contribution in [0, 0.1) is 0 Å². The number of alkyl halides is 3. The van der Waals surface area contributed by atoms with E-state index < -0.39 is 6.36 Å². The minimum Gasteiger partial charge on any atom is -0.406 e. The van der Waals surface area contributed by atoms with E-state index in [1.807, 2.05) is 40.3 Å². The lowest BCUT2D eigenvalue weighted by atomic mass is 10.1. The van der Waals surface area contributed by atoms with E-state index in [0.29, 0.717) is 34.4 Å². The number of nitrogens with zero attached hydrogens (tertiary/aromatic N) is 3. The first-order valence-corrected chi connectivity index (χ1v) is 11.6. The van der Waals surface area contributed by atoms with Crippen molar-refractivity contribution < 1.29 is 23.0 Å². The molecule has 0 aliphatic heterocycles. The van der Waals surface area contributed by atoms with Crippen LogP contribution >= 0.6 is 23.2 Å². The molecule has 0 aliphatic rings.